The molecule has 1 heterocycles. The second-order valence-corrected chi connectivity index (χ2v) is 11.4. The normalized spacial score (nSPS) is 17.2. The lowest BCUT2D eigenvalue weighted by Crippen LogP contribution is -2.42. The van der Waals surface area contributed by atoms with Crippen LogP contribution in [0.2, 0.25) is 0 Å². The lowest BCUT2D eigenvalue weighted by molar-refractivity contribution is -0.139. The molecule has 1 atom stereocenters. The SMILES string of the molecule is CC[C@H]1CC[C@H](c2ccc(-c3cnc(-c4ccc(C[C@H](NC(=O)c5ccc(C(C)=O)cc5)C(=O)O)cc4)nc3)cc2)CC1. The highest BCUT2D eigenvalue weighted by molar-refractivity contribution is 5.99. The second kappa shape index (κ2) is 13.6. The predicted molar refractivity (Wildman–Crippen MR) is 167 cm³/mol. The van der Waals surface area contributed by atoms with Crippen molar-refractivity contribution in [3.8, 4) is 22.5 Å². The van der Waals surface area contributed by atoms with E-state index in [-0.39, 0.29) is 17.8 Å². The van der Waals surface area contributed by atoms with Crippen LogP contribution in [0.1, 0.15) is 83.7 Å². The summed E-state index contributed by atoms with van der Waals surface area (Å²) in [5.41, 5.74) is 5.81. The van der Waals surface area contributed by atoms with Gasteiger partial charge in [-0.25, -0.2) is 14.8 Å². The summed E-state index contributed by atoms with van der Waals surface area (Å²) in [6.45, 7) is 3.74. The number of carbonyl (C=O) groups excluding carboxylic acids is 2. The van der Waals surface area contributed by atoms with Crippen LogP contribution in [0.25, 0.3) is 22.5 Å². The molecule has 1 aromatic heterocycles. The molecule has 1 saturated carbocycles. The Bertz CT molecular complexity index is 1560. The number of aromatic nitrogens is 2. The maximum Gasteiger partial charge on any atom is 0.326 e. The Morgan fingerprint density at radius 1 is 0.791 bits per heavy atom. The van der Waals surface area contributed by atoms with Gasteiger partial charge in [-0.1, -0.05) is 74.0 Å². The number of nitrogens with zero attached hydrogens (tertiary/aromatic N) is 2. The van der Waals surface area contributed by atoms with E-state index in [1.165, 1.54) is 56.7 Å². The number of amides is 1. The fourth-order valence-corrected chi connectivity index (χ4v) is 5.80. The van der Waals surface area contributed by atoms with Crippen LogP contribution in [-0.4, -0.2) is 38.8 Å². The van der Waals surface area contributed by atoms with E-state index in [9.17, 15) is 19.5 Å². The number of carboxylic acid groups (broad SMARTS) is 1. The van der Waals surface area contributed by atoms with Crippen molar-refractivity contribution in [1.29, 1.82) is 0 Å². The summed E-state index contributed by atoms with van der Waals surface area (Å²) in [6, 6.07) is 21.2. The van der Waals surface area contributed by atoms with Gasteiger partial charge < -0.3 is 10.4 Å². The highest BCUT2D eigenvalue weighted by atomic mass is 16.4. The minimum atomic E-state index is -1.13. The summed E-state index contributed by atoms with van der Waals surface area (Å²) in [4.78, 5) is 45.2. The van der Waals surface area contributed by atoms with Crippen LogP contribution >= 0.6 is 0 Å². The van der Waals surface area contributed by atoms with Gasteiger partial charge >= 0.3 is 5.97 Å². The van der Waals surface area contributed by atoms with Crippen LogP contribution < -0.4 is 5.32 Å². The van der Waals surface area contributed by atoms with Crippen LogP contribution in [0.3, 0.4) is 0 Å². The minimum Gasteiger partial charge on any atom is -0.480 e. The first-order valence-corrected chi connectivity index (χ1v) is 15.0. The Hall–Kier alpha value is -4.65. The van der Waals surface area contributed by atoms with Crippen molar-refractivity contribution in [2.24, 2.45) is 5.92 Å². The fraction of sp³-hybridized carbons (Fsp3) is 0.306. The number of carboxylic acids is 1. The van der Waals surface area contributed by atoms with Crippen LogP contribution in [-0.2, 0) is 11.2 Å². The summed E-state index contributed by atoms with van der Waals surface area (Å²) < 4.78 is 0. The number of rotatable bonds is 10. The summed E-state index contributed by atoms with van der Waals surface area (Å²) in [5, 5.41) is 12.3. The van der Waals surface area contributed by atoms with E-state index in [0.717, 1.165) is 28.2 Å². The molecule has 0 aliphatic heterocycles. The zero-order valence-electron chi connectivity index (χ0n) is 24.6. The third-order valence-corrected chi connectivity index (χ3v) is 8.60. The molecule has 220 valence electrons. The molecule has 1 aliphatic rings. The molecule has 0 saturated heterocycles. The first kappa shape index (κ1) is 29.8. The van der Waals surface area contributed by atoms with Gasteiger partial charge in [-0.05, 0) is 73.3 Å². The van der Waals surface area contributed by atoms with Crippen molar-refractivity contribution in [3.05, 3.63) is 107 Å². The molecule has 7 nitrogen and oxygen atoms in total. The summed E-state index contributed by atoms with van der Waals surface area (Å²) in [5.74, 6) is 0.379. The molecule has 4 aromatic rings. The first-order chi connectivity index (χ1) is 20.8. The first-order valence-electron chi connectivity index (χ1n) is 15.0. The predicted octanol–water partition coefficient (Wildman–Crippen LogP) is 7.12. The van der Waals surface area contributed by atoms with Crippen LogP contribution in [0.4, 0.5) is 0 Å². The maximum atomic E-state index is 12.6. The van der Waals surface area contributed by atoms with Crippen molar-refractivity contribution in [2.45, 2.75) is 64.3 Å². The Balaban J connectivity index is 1.19. The Kier molecular flexibility index (Phi) is 9.40. The van der Waals surface area contributed by atoms with E-state index >= 15 is 0 Å². The molecule has 7 heteroatoms. The summed E-state index contributed by atoms with van der Waals surface area (Å²) in [6.07, 6.45) is 10.3. The molecule has 0 spiro atoms. The Morgan fingerprint density at radius 3 is 1.93 bits per heavy atom. The number of carbonyl (C=O) groups is 3. The molecule has 1 amide bonds. The van der Waals surface area contributed by atoms with Gasteiger partial charge in [0.25, 0.3) is 5.91 Å². The Morgan fingerprint density at radius 2 is 1.37 bits per heavy atom. The van der Waals surface area contributed by atoms with Gasteiger partial charge in [0.15, 0.2) is 11.6 Å². The third kappa shape index (κ3) is 7.41. The maximum absolute atomic E-state index is 12.6. The number of hydrogen-bond donors (Lipinski definition) is 2. The molecule has 2 N–H and O–H groups in total. The number of ketones is 1. The van der Waals surface area contributed by atoms with Gasteiger partial charge in [0.05, 0.1) is 0 Å². The van der Waals surface area contributed by atoms with Crippen molar-refractivity contribution in [3.63, 3.8) is 0 Å². The number of aliphatic carboxylic acids is 1. The van der Waals surface area contributed by atoms with Crippen LogP contribution in [0.15, 0.2) is 85.2 Å². The summed E-state index contributed by atoms with van der Waals surface area (Å²) in [7, 11) is 0. The average Bonchev–Trinajstić information content (AvgIpc) is 3.05. The van der Waals surface area contributed by atoms with Crippen molar-refractivity contribution in [2.75, 3.05) is 0 Å². The molecule has 0 radical (unpaired) electrons. The van der Waals surface area contributed by atoms with E-state index in [4.69, 9.17) is 0 Å². The average molecular weight is 576 g/mol. The summed E-state index contributed by atoms with van der Waals surface area (Å²) >= 11 is 0. The zero-order chi connectivity index (χ0) is 30.3. The van der Waals surface area contributed by atoms with E-state index in [1.807, 2.05) is 36.7 Å². The molecule has 1 aliphatic carbocycles. The van der Waals surface area contributed by atoms with E-state index in [2.05, 4.69) is 46.5 Å². The largest absolute Gasteiger partial charge is 0.480 e. The highest BCUT2D eigenvalue weighted by Gasteiger charge is 2.22. The quantitative estimate of drug-likeness (QED) is 0.195. The highest BCUT2D eigenvalue weighted by Crippen LogP contribution is 2.37. The van der Waals surface area contributed by atoms with Gasteiger partial charge in [0.2, 0.25) is 0 Å². The molecule has 0 unspecified atom stereocenters. The molecule has 5 rings (SSSR count). The molecule has 0 bridgehead atoms. The monoisotopic (exact) mass is 575 g/mol. The van der Waals surface area contributed by atoms with E-state index in [0.29, 0.717) is 17.3 Å². The van der Waals surface area contributed by atoms with Gasteiger partial charge in [0, 0.05) is 41.1 Å². The second-order valence-electron chi connectivity index (χ2n) is 11.4. The topological polar surface area (TPSA) is 109 Å². The van der Waals surface area contributed by atoms with Gasteiger partial charge in [-0.2, -0.15) is 0 Å². The third-order valence-electron chi connectivity index (χ3n) is 8.60. The molecular formula is C36H37N3O4. The lowest BCUT2D eigenvalue weighted by Gasteiger charge is -2.28. The van der Waals surface area contributed by atoms with Gasteiger partial charge in [-0.15, -0.1) is 0 Å². The molecule has 43 heavy (non-hydrogen) atoms. The molecule has 1 fully saturated rings. The lowest BCUT2D eigenvalue weighted by atomic mass is 9.78. The van der Waals surface area contributed by atoms with Gasteiger partial charge in [-0.3, -0.25) is 9.59 Å². The molecule has 3 aromatic carbocycles. The Labute approximate surface area is 252 Å². The van der Waals surface area contributed by atoms with Crippen LogP contribution in [0, 0.1) is 5.92 Å². The number of hydrogen-bond acceptors (Lipinski definition) is 5. The van der Waals surface area contributed by atoms with Crippen LogP contribution in [0.5, 0.6) is 0 Å². The van der Waals surface area contributed by atoms with E-state index in [1.54, 1.807) is 12.1 Å². The van der Waals surface area contributed by atoms with Crippen molar-refractivity contribution < 1.29 is 19.5 Å². The smallest absolute Gasteiger partial charge is 0.326 e. The standard InChI is InChI=1S/C36H37N3O4/c1-3-24-4-8-27(9-5-24)28-14-16-29(17-15-28)32-21-37-34(38-22-32)30-10-6-25(7-11-30)20-33(36(42)43)39-35(41)31-18-12-26(13-19-31)23(2)40/h6-7,10-19,21-22,24,27,33H,3-5,8-9,20H2,1-2H3,(H,39,41)(H,42,43)/t24-,27-,33-/m0/s1. The van der Waals surface area contributed by atoms with Crippen molar-refractivity contribution in [1.82, 2.24) is 15.3 Å². The number of nitrogens with one attached hydrogen (secondary N) is 1. The van der Waals surface area contributed by atoms with Crippen molar-refractivity contribution >= 4 is 17.7 Å². The number of benzene rings is 3. The van der Waals surface area contributed by atoms with E-state index < -0.39 is 17.9 Å². The molecular weight excluding hydrogens is 538 g/mol. The number of Topliss-reactive ketones (excluding diaryl/α,β-unsaturated/α-hetero) is 1. The minimum absolute atomic E-state index is 0.107. The zero-order valence-corrected chi connectivity index (χ0v) is 24.6. The van der Waals surface area contributed by atoms with Gasteiger partial charge in [0.1, 0.15) is 6.04 Å². The fourth-order valence-electron chi connectivity index (χ4n) is 5.80.